The van der Waals surface area contributed by atoms with Gasteiger partial charge in [-0.15, -0.1) is 0 Å². The minimum Gasteiger partial charge on any atom is -0.481 e. The molecule has 1 aliphatic heterocycles. The van der Waals surface area contributed by atoms with Crippen molar-refractivity contribution in [1.29, 1.82) is 0 Å². The number of carbonyl (C=O) groups is 1. The van der Waals surface area contributed by atoms with E-state index in [1.165, 1.54) is 5.56 Å². The van der Waals surface area contributed by atoms with Crippen LogP contribution in [-0.2, 0) is 11.2 Å². The van der Waals surface area contributed by atoms with Crippen molar-refractivity contribution in [3.8, 4) is 0 Å². The van der Waals surface area contributed by atoms with Crippen LogP contribution in [0.5, 0.6) is 0 Å². The molecule has 108 valence electrons. The Bertz CT molecular complexity index is 628. The first-order chi connectivity index (χ1) is 10.3. The Morgan fingerprint density at radius 2 is 2.14 bits per heavy atom. The van der Waals surface area contributed by atoms with Crippen molar-refractivity contribution in [2.45, 2.75) is 18.8 Å². The van der Waals surface area contributed by atoms with Gasteiger partial charge in [0.1, 0.15) is 0 Å². The van der Waals surface area contributed by atoms with E-state index < -0.39 is 5.97 Å². The summed E-state index contributed by atoms with van der Waals surface area (Å²) in [5, 5.41) is 9.35. The number of rotatable bonds is 4. The van der Waals surface area contributed by atoms with Gasteiger partial charge in [0.25, 0.3) is 0 Å². The van der Waals surface area contributed by atoms with Crippen molar-refractivity contribution in [3.63, 3.8) is 0 Å². The lowest BCUT2D eigenvalue weighted by atomic mass is 9.90. The number of hydrogen-bond acceptors (Lipinski definition) is 3. The number of nitrogens with zero attached hydrogens (tertiary/aromatic N) is 2. The van der Waals surface area contributed by atoms with E-state index in [0.717, 1.165) is 30.8 Å². The molecule has 1 atom stereocenters. The molecule has 0 radical (unpaired) electrons. The quantitative estimate of drug-likeness (QED) is 0.936. The lowest BCUT2D eigenvalue weighted by Gasteiger charge is -2.34. The summed E-state index contributed by atoms with van der Waals surface area (Å²) in [6.45, 7) is 1.67. The van der Waals surface area contributed by atoms with Crippen molar-refractivity contribution < 1.29 is 9.90 Å². The minimum atomic E-state index is -0.727. The largest absolute Gasteiger partial charge is 0.481 e. The zero-order valence-corrected chi connectivity index (χ0v) is 11.8. The Kier molecular flexibility index (Phi) is 3.86. The topological polar surface area (TPSA) is 53.4 Å². The van der Waals surface area contributed by atoms with Crippen LogP contribution >= 0.6 is 0 Å². The Hall–Kier alpha value is -2.36. The van der Waals surface area contributed by atoms with E-state index in [-0.39, 0.29) is 5.92 Å². The third kappa shape index (κ3) is 2.89. The van der Waals surface area contributed by atoms with Crippen molar-refractivity contribution >= 4 is 11.7 Å². The molecule has 1 aromatic heterocycles. The lowest BCUT2D eigenvalue weighted by molar-refractivity contribution is -0.139. The molecule has 4 nitrogen and oxygen atoms in total. The fourth-order valence-corrected chi connectivity index (χ4v) is 2.93. The van der Waals surface area contributed by atoms with E-state index in [9.17, 15) is 9.90 Å². The van der Waals surface area contributed by atoms with Crippen LogP contribution < -0.4 is 4.90 Å². The highest BCUT2D eigenvalue weighted by Crippen LogP contribution is 2.35. The van der Waals surface area contributed by atoms with Gasteiger partial charge in [-0.2, -0.15) is 0 Å². The number of para-hydroxylation sites is 1. The zero-order valence-electron chi connectivity index (χ0n) is 11.8. The second-order valence-electron chi connectivity index (χ2n) is 5.34. The van der Waals surface area contributed by atoms with Crippen LogP contribution in [0.2, 0.25) is 0 Å². The number of pyridine rings is 1. The summed E-state index contributed by atoms with van der Waals surface area (Å²) in [4.78, 5) is 17.8. The molecule has 3 rings (SSSR count). The monoisotopic (exact) mass is 282 g/mol. The molecular formula is C17H18N2O2. The van der Waals surface area contributed by atoms with Gasteiger partial charge in [-0.3, -0.25) is 9.78 Å². The Morgan fingerprint density at radius 3 is 2.90 bits per heavy atom. The van der Waals surface area contributed by atoms with Gasteiger partial charge < -0.3 is 10.0 Å². The maximum absolute atomic E-state index is 11.4. The molecule has 0 aliphatic carbocycles. The first-order valence-electron chi connectivity index (χ1n) is 7.21. The van der Waals surface area contributed by atoms with Crippen LogP contribution in [0.4, 0.5) is 5.69 Å². The molecule has 4 heteroatoms. The van der Waals surface area contributed by atoms with E-state index in [0.29, 0.717) is 6.42 Å². The highest BCUT2D eigenvalue weighted by Gasteiger charge is 2.29. The van der Waals surface area contributed by atoms with Crippen molar-refractivity contribution in [3.05, 3.63) is 59.9 Å². The number of carboxylic acids is 1. The maximum atomic E-state index is 11.4. The van der Waals surface area contributed by atoms with Gasteiger partial charge >= 0.3 is 5.97 Å². The third-order valence-corrected chi connectivity index (χ3v) is 4.03. The molecule has 1 aromatic carbocycles. The predicted octanol–water partition coefficient (Wildman–Crippen LogP) is 2.70. The number of aliphatic carboxylic acids is 1. The molecule has 2 aromatic rings. The molecule has 0 saturated carbocycles. The first-order valence-corrected chi connectivity index (χ1v) is 7.21. The van der Waals surface area contributed by atoms with Gasteiger partial charge in [-0.1, -0.05) is 24.3 Å². The van der Waals surface area contributed by atoms with Gasteiger partial charge in [0, 0.05) is 31.2 Å². The van der Waals surface area contributed by atoms with E-state index in [2.05, 4.69) is 16.0 Å². The fraction of sp³-hybridized carbons (Fsp3) is 0.294. The molecule has 1 unspecified atom stereocenters. The summed E-state index contributed by atoms with van der Waals surface area (Å²) in [5.41, 5.74) is 3.19. The summed E-state index contributed by atoms with van der Waals surface area (Å²) in [7, 11) is 0. The van der Waals surface area contributed by atoms with Crippen molar-refractivity contribution in [1.82, 2.24) is 4.98 Å². The lowest BCUT2D eigenvalue weighted by Crippen LogP contribution is -2.34. The van der Waals surface area contributed by atoms with Crippen LogP contribution in [0, 0.1) is 0 Å². The van der Waals surface area contributed by atoms with Gasteiger partial charge in [-0.25, -0.2) is 0 Å². The molecule has 0 spiro atoms. The summed E-state index contributed by atoms with van der Waals surface area (Å²) < 4.78 is 0. The molecule has 2 heterocycles. The number of carboxylic acid groups (broad SMARTS) is 1. The molecule has 0 bridgehead atoms. The van der Waals surface area contributed by atoms with Crippen LogP contribution in [0.3, 0.4) is 0 Å². The minimum absolute atomic E-state index is 0.379. The number of hydrogen-bond donors (Lipinski definition) is 1. The van der Waals surface area contributed by atoms with Gasteiger partial charge in [0.15, 0.2) is 0 Å². The van der Waals surface area contributed by atoms with E-state index in [1.807, 2.05) is 36.5 Å². The number of anilines is 1. The fourth-order valence-electron chi connectivity index (χ4n) is 2.93. The number of benzene rings is 1. The Morgan fingerprint density at radius 1 is 1.29 bits per heavy atom. The number of fused-ring (bicyclic) bond motifs is 1. The number of aromatic nitrogens is 1. The van der Waals surface area contributed by atoms with Gasteiger partial charge in [0.05, 0.1) is 5.92 Å². The summed E-state index contributed by atoms with van der Waals surface area (Å²) in [5.74, 6) is -1.11. The maximum Gasteiger partial charge on any atom is 0.311 e. The average molecular weight is 282 g/mol. The standard InChI is InChI=1S/C17H18N2O2/c20-17(21)15-8-11-19(16-6-2-1-5-14(15)16)10-7-13-4-3-9-18-12-13/h1-6,9,12,15H,7-8,10-11H2,(H,20,21). The van der Waals surface area contributed by atoms with E-state index in [4.69, 9.17) is 0 Å². The van der Waals surface area contributed by atoms with Gasteiger partial charge in [0.2, 0.25) is 0 Å². The van der Waals surface area contributed by atoms with Crippen LogP contribution in [0.1, 0.15) is 23.5 Å². The van der Waals surface area contributed by atoms with Gasteiger partial charge in [-0.05, 0) is 36.1 Å². The first kappa shape index (κ1) is 13.6. The van der Waals surface area contributed by atoms with Crippen molar-refractivity contribution in [2.24, 2.45) is 0 Å². The summed E-state index contributed by atoms with van der Waals surface area (Å²) in [6.07, 6.45) is 5.24. The second-order valence-corrected chi connectivity index (χ2v) is 5.34. The molecule has 1 N–H and O–H groups in total. The third-order valence-electron chi connectivity index (χ3n) is 4.03. The Labute approximate surface area is 124 Å². The molecular weight excluding hydrogens is 264 g/mol. The van der Waals surface area contributed by atoms with E-state index in [1.54, 1.807) is 6.20 Å². The SMILES string of the molecule is O=C(O)C1CCN(CCc2cccnc2)c2ccccc21. The highest BCUT2D eigenvalue weighted by molar-refractivity contribution is 5.80. The van der Waals surface area contributed by atoms with E-state index >= 15 is 0 Å². The van der Waals surface area contributed by atoms with Crippen LogP contribution in [0.15, 0.2) is 48.8 Å². The predicted molar refractivity (Wildman–Crippen MR) is 81.6 cm³/mol. The molecule has 21 heavy (non-hydrogen) atoms. The molecule has 0 amide bonds. The average Bonchev–Trinajstić information content (AvgIpc) is 2.53. The highest BCUT2D eigenvalue weighted by atomic mass is 16.4. The smallest absolute Gasteiger partial charge is 0.311 e. The second kappa shape index (κ2) is 5.95. The summed E-state index contributed by atoms with van der Waals surface area (Å²) in [6, 6.07) is 11.9. The molecule has 0 fully saturated rings. The molecule has 0 saturated heterocycles. The zero-order chi connectivity index (χ0) is 14.7. The van der Waals surface area contributed by atoms with Crippen LogP contribution in [-0.4, -0.2) is 29.1 Å². The molecule has 1 aliphatic rings. The van der Waals surface area contributed by atoms with Crippen LogP contribution in [0.25, 0.3) is 0 Å². The normalized spacial score (nSPS) is 17.3. The Balaban J connectivity index is 1.78. The van der Waals surface area contributed by atoms with Crippen molar-refractivity contribution in [2.75, 3.05) is 18.0 Å². The summed E-state index contributed by atoms with van der Waals surface area (Å²) >= 11 is 0.